The molecule has 5 heteroatoms. The summed E-state index contributed by atoms with van der Waals surface area (Å²) in [5.41, 5.74) is 1.06. The molecule has 0 aromatic heterocycles. The normalized spacial score (nSPS) is 19.6. The van der Waals surface area contributed by atoms with Crippen LogP contribution in [0, 0.1) is 0 Å². The van der Waals surface area contributed by atoms with Crippen molar-refractivity contribution in [1.29, 1.82) is 0 Å². The summed E-state index contributed by atoms with van der Waals surface area (Å²) in [4.78, 5) is 11.6. The molecule has 1 fully saturated rings. The first-order chi connectivity index (χ1) is 9.74. The summed E-state index contributed by atoms with van der Waals surface area (Å²) in [6.45, 7) is 1.55. The number of nitrogens with one attached hydrogen (secondary N) is 2. The van der Waals surface area contributed by atoms with Crippen LogP contribution in [0.4, 0.5) is 4.79 Å². The van der Waals surface area contributed by atoms with Gasteiger partial charge in [-0.25, -0.2) is 4.79 Å². The fourth-order valence-electron chi connectivity index (χ4n) is 2.24. The lowest BCUT2D eigenvalue weighted by Gasteiger charge is -2.14. The van der Waals surface area contributed by atoms with Crippen LogP contribution in [0.5, 0.6) is 0 Å². The number of hydrogen-bond donors (Lipinski definition) is 3. The minimum Gasteiger partial charge on any atom is -0.391 e. The lowest BCUT2D eigenvalue weighted by Crippen LogP contribution is -2.42. The van der Waals surface area contributed by atoms with E-state index in [9.17, 15) is 9.90 Å². The van der Waals surface area contributed by atoms with Gasteiger partial charge in [0.1, 0.15) is 0 Å². The number of aliphatic hydroxyl groups is 1. The van der Waals surface area contributed by atoms with Crippen LogP contribution >= 0.6 is 0 Å². The van der Waals surface area contributed by atoms with Crippen molar-refractivity contribution in [3.05, 3.63) is 35.9 Å². The molecule has 110 valence electrons. The molecule has 2 rings (SSSR count). The first kappa shape index (κ1) is 14.8. The van der Waals surface area contributed by atoms with Gasteiger partial charge in [-0.2, -0.15) is 0 Å². The van der Waals surface area contributed by atoms with Crippen LogP contribution in [0.15, 0.2) is 30.3 Å². The van der Waals surface area contributed by atoms with Gasteiger partial charge >= 0.3 is 6.03 Å². The van der Waals surface area contributed by atoms with Crippen molar-refractivity contribution < 1.29 is 14.6 Å². The number of benzene rings is 1. The van der Waals surface area contributed by atoms with Gasteiger partial charge < -0.3 is 20.5 Å². The molecule has 2 unspecified atom stereocenters. The molecule has 2 amide bonds. The van der Waals surface area contributed by atoms with E-state index >= 15 is 0 Å². The Hall–Kier alpha value is -1.59. The van der Waals surface area contributed by atoms with E-state index in [-0.39, 0.29) is 18.7 Å². The number of amides is 2. The minimum absolute atomic E-state index is 0.134. The maximum absolute atomic E-state index is 11.6. The number of hydrogen-bond acceptors (Lipinski definition) is 3. The van der Waals surface area contributed by atoms with Gasteiger partial charge in [-0.1, -0.05) is 30.3 Å². The van der Waals surface area contributed by atoms with Crippen LogP contribution in [-0.2, 0) is 11.2 Å². The molecule has 0 spiro atoms. The number of rotatable bonds is 6. The Balaban J connectivity index is 1.60. The Bertz CT molecular complexity index is 405. The molecule has 3 N–H and O–H groups in total. The molecular formula is C15H22N2O3. The highest BCUT2D eigenvalue weighted by Gasteiger charge is 2.16. The summed E-state index contributed by atoms with van der Waals surface area (Å²) in [5.74, 6) is 0. The number of aliphatic hydroxyl groups excluding tert-OH is 1. The van der Waals surface area contributed by atoms with Gasteiger partial charge in [0.15, 0.2) is 0 Å². The monoisotopic (exact) mass is 278 g/mol. The maximum atomic E-state index is 11.6. The molecule has 0 radical (unpaired) electrons. The molecule has 1 aromatic rings. The first-order valence-corrected chi connectivity index (χ1v) is 7.09. The Morgan fingerprint density at radius 2 is 2.15 bits per heavy atom. The van der Waals surface area contributed by atoms with Gasteiger partial charge in [-0.3, -0.25) is 0 Å². The Morgan fingerprint density at radius 1 is 1.35 bits per heavy atom. The number of carbonyl (C=O) groups is 1. The van der Waals surface area contributed by atoms with Crippen LogP contribution in [0.2, 0.25) is 0 Å². The molecule has 1 aliphatic heterocycles. The molecule has 1 aromatic carbocycles. The third-order valence-corrected chi connectivity index (χ3v) is 3.33. The second kappa shape index (κ2) is 7.87. The van der Waals surface area contributed by atoms with E-state index in [1.807, 2.05) is 30.3 Å². The summed E-state index contributed by atoms with van der Waals surface area (Å²) >= 11 is 0. The quantitative estimate of drug-likeness (QED) is 0.729. The van der Waals surface area contributed by atoms with Crippen LogP contribution in [0.3, 0.4) is 0 Å². The molecule has 1 heterocycles. The van der Waals surface area contributed by atoms with E-state index in [1.165, 1.54) is 0 Å². The molecule has 5 nitrogen and oxygen atoms in total. The first-order valence-electron chi connectivity index (χ1n) is 7.09. The SMILES string of the molecule is O=C(NCC(O)Cc1ccccc1)NCC1CCCO1. The van der Waals surface area contributed by atoms with Gasteiger partial charge in [-0.05, 0) is 18.4 Å². The zero-order chi connectivity index (χ0) is 14.2. The summed E-state index contributed by atoms with van der Waals surface area (Å²) in [6.07, 6.45) is 2.15. The largest absolute Gasteiger partial charge is 0.391 e. The second-order valence-corrected chi connectivity index (χ2v) is 5.07. The molecule has 20 heavy (non-hydrogen) atoms. The third kappa shape index (κ3) is 5.19. The highest BCUT2D eigenvalue weighted by Crippen LogP contribution is 2.10. The number of ether oxygens (including phenoxy) is 1. The Labute approximate surface area is 119 Å². The van der Waals surface area contributed by atoms with E-state index < -0.39 is 6.10 Å². The minimum atomic E-state index is -0.578. The zero-order valence-corrected chi connectivity index (χ0v) is 11.5. The van der Waals surface area contributed by atoms with Gasteiger partial charge in [-0.15, -0.1) is 0 Å². The van der Waals surface area contributed by atoms with Crippen LogP contribution in [-0.4, -0.2) is 43.0 Å². The van der Waals surface area contributed by atoms with Crippen LogP contribution < -0.4 is 10.6 Å². The lowest BCUT2D eigenvalue weighted by molar-refractivity contribution is 0.111. The lowest BCUT2D eigenvalue weighted by atomic mass is 10.1. The van der Waals surface area contributed by atoms with E-state index in [1.54, 1.807) is 0 Å². The average Bonchev–Trinajstić information content (AvgIpc) is 2.97. The summed E-state index contributed by atoms with van der Waals surface area (Å²) in [6, 6.07) is 9.47. The number of urea groups is 1. The van der Waals surface area contributed by atoms with Gasteiger partial charge in [0.25, 0.3) is 0 Å². The maximum Gasteiger partial charge on any atom is 0.314 e. The van der Waals surface area contributed by atoms with E-state index in [0.29, 0.717) is 13.0 Å². The molecular weight excluding hydrogens is 256 g/mol. The smallest absolute Gasteiger partial charge is 0.314 e. The summed E-state index contributed by atoms with van der Waals surface area (Å²) in [5, 5.41) is 15.3. The molecule has 1 aliphatic rings. The van der Waals surface area contributed by atoms with Gasteiger partial charge in [0.2, 0.25) is 0 Å². The predicted octanol–water partition coefficient (Wildman–Crippen LogP) is 1.07. The fraction of sp³-hybridized carbons (Fsp3) is 0.533. The summed E-state index contributed by atoms with van der Waals surface area (Å²) in [7, 11) is 0. The van der Waals surface area contributed by atoms with Gasteiger partial charge in [0.05, 0.1) is 12.2 Å². The Kier molecular flexibility index (Phi) is 5.83. The molecule has 0 bridgehead atoms. The van der Waals surface area contributed by atoms with Gasteiger partial charge in [0, 0.05) is 26.1 Å². The molecule has 0 saturated carbocycles. The highest BCUT2D eigenvalue weighted by atomic mass is 16.5. The highest BCUT2D eigenvalue weighted by molar-refractivity contribution is 5.73. The topological polar surface area (TPSA) is 70.6 Å². The van der Waals surface area contributed by atoms with Crippen molar-refractivity contribution in [3.63, 3.8) is 0 Å². The standard InChI is InChI=1S/C15H22N2O3/c18-13(9-12-5-2-1-3-6-12)10-16-15(19)17-11-14-7-4-8-20-14/h1-3,5-6,13-14,18H,4,7-11H2,(H2,16,17,19). The van der Waals surface area contributed by atoms with E-state index in [2.05, 4.69) is 10.6 Å². The second-order valence-electron chi connectivity index (χ2n) is 5.07. The van der Waals surface area contributed by atoms with Crippen molar-refractivity contribution in [3.8, 4) is 0 Å². The molecule has 2 atom stereocenters. The molecule has 1 saturated heterocycles. The van der Waals surface area contributed by atoms with Crippen molar-refractivity contribution in [2.24, 2.45) is 0 Å². The predicted molar refractivity (Wildman–Crippen MR) is 76.5 cm³/mol. The van der Waals surface area contributed by atoms with Crippen molar-refractivity contribution in [1.82, 2.24) is 10.6 Å². The number of carbonyl (C=O) groups excluding carboxylic acids is 1. The van der Waals surface area contributed by atoms with E-state index in [0.717, 1.165) is 25.0 Å². The fourth-order valence-corrected chi connectivity index (χ4v) is 2.24. The van der Waals surface area contributed by atoms with Crippen molar-refractivity contribution in [2.45, 2.75) is 31.5 Å². The molecule has 0 aliphatic carbocycles. The average molecular weight is 278 g/mol. The zero-order valence-electron chi connectivity index (χ0n) is 11.5. The van der Waals surface area contributed by atoms with E-state index in [4.69, 9.17) is 4.74 Å². The van der Waals surface area contributed by atoms with Crippen LogP contribution in [0.1, 0.15) is 18.4 Å². The summed E-state index contributed by atoms with van der Waals surface area (Å²) < 4.78 is 5.42. The van der Waals surface area contributed by atoms with Crippen LogP contribution in [0.25, 0.3) is 0 Å². The Morgan fingerprint density at radius 3 is 2.85 bits per heavy atom. The van der Waals surface area contributed by atoms with Crippen molar-refractivity contribution in [2.75, 3.05) is 19.7 Å². The van der Waals surface area contributed by atoms with Crippen molar-refractivity contribution >= 4 is 6.03 Å². The third-order valence-electron chi connectivity index (χ3n) is 3.33.